The van der Waals surface area contributed by atoms with E-state index in [2.05, 4.69) is 9.67 Å². The highest BCUT2D eigenvalue weighted by atomic mass is 16.2. The van der Waals surface area contributed by atoms with Gasteiger partial charge in [0.1, 0.15) is 5.82 Å². The normalized spacial score (nSPS) is 11.2. The summed E-state index contributed by atoms with van der Waals surface area (Å²) in [4.78, 5) is 20.0. The third-order valence-electron chi connectivity index (χ3n) is 5.53. The number of carbonyl (C=O) groups excluding carboxylic acids is 1. The Bertz CT molecular complexity index is 1170. The van der Waals surface area contributed by atoms with Crippen molar-refractivity contribution in [1.29, 1.82) is 0 Å². The zero-order valence-electron chi connectivity index (χ0n) is 17.3. The van der Waals surface area contributed by atoms with Crippen LogP contribution in [0.4, 0.5) is 0 Å². The van der Waals surface area contributed by atoms with Crippen LogP contribution in [-0.4, -0.2) is 30.1 Å². The van der Waals surface area contributed by atoms with E-state index < -0.39 is 0 Å². The van der Waals surface area contributed by atoms with E-state index in [0.717, 1.165) is 33.8 Å². The smallest absolute Gasteiger partial charge is 0.254 e. The molecule has 0 unspecified atom stereocenters. The summed E-state index contributed by atoms with van der Waals surface area (Å²) in [6, 6.07) is 17.4. The van der Waals surface area contributed by atoms with Crippen molar-refractivity contribution in [1.82, 2.24) is 24.2 Å². The molecule has 0 aliphatic heterocycles. The fourth-order valence-corrected chi connectivity index (χ4v) is 3.71. The molecule has 0 saturated heterocycles. The Labute approximate surface area is 170 Å². The molecule has 29 heavy (non-hydrogen) atoms. The maximum absolute atomic E-state index is 13.4. The second-order valence-corrected chi connectivity index (χ2v) is 7.38. The Morgan fingerprint density at radius 2 is 1.66 bits per heavy atom. The van der Waals surface area contributed by atoms with Crippen LogP contribution in [0.3, 0.4) is 0 Å². The van der Waals surface area contributed by atoms with E-state index in [1.54, 1.807) is 0 Å². The van der Waals surface area contributed by atoms with Crippen molar-refractivity contribution in [2.24, 2.45) is 14.1 Å². The Morgan fingerprint density at radius 1 is 0.966 bits per heavy atom. The van der Waals surface area contributed by atoms with Gasteiger partial charge in [-0.1, -0.05) is 30.3 Å². The first-order valence-electron chi connectivity index (χ1n) is 9.69. The molecule has 1 amide bonds. The number of carbonyl (C=O) groups is 1. The van der Waals surface area contributed by atoms with Crippen LogP contribution in [0.15, 0.2) is 54.6 Å². The lowest BCUT2D eigenvalue weighted by atomic mass is 10.1. The third kappa shape index (κ3) is 3.53. The average Bonchev–Trinajstić information content (AvgIpc) is 3.18. The first-order valence-corrected chi connectivity index (χ1v) is 9.69. The molecule has 148 valence electrons. The van der Waals surface area contributed by atoms with Crippen LogP contribution in [-0.2, 0) is 27.2 Å². The number of aryl methyl sites for hydroxylation is 3. The Morgan fingerprint density at radius 3 is 2.31 bits per heavy atom. The molecule has 2 aromatic heterocycles. The first kappa shape index (κ1) is 18.9. The monoisotopic (exact) mass is 387 g/mol. The highest BCUT2D eigenvalue weighted by Crippen LogP contribution is 2.21. The number of benzene rings is 2. The topological polar surface area (TPSA) is 56.0 Å². The second kappa shape index (κ2) is 7.54. The maximum Gasteiger partial charge on any atom is 0.254 e. The summed E-state index contributed by atoms with van der Waals surface area (Å²) < 4.78 is 3.93. The predicted molar refractivity (Wildman–Crippen MR) is 113 cm³/mol. The SMILES string of the molecule is Cc1nn(C)c(C)c1CN(Cc1nc2ccccc2n1C)C(=O)c1ccccc1. The zero-order valence-corrected chi connectivity index (χ0v) is 17.3. The maximum atomic E-state index is 13.4. The van der Waals surface area contributed by atoms with Crippen LogP contribution < -0.4 is 0 Å². The van der Waals surface area contributed by atoms with Gasteiger partial charge in [0.25, 0.3) is 5.91 Å². The molecule has 0 fully saturated rings. The van der Waals surface area contributed by atoms with Crippen molar-refractivity contribution in [2.45, 2.75) is 26.9 Å². The van der Waals surface area contributed by atoms with E-state index in [9.17, 15) is 4.79 Å². The largest absolute Gasteiger partial charge is 0.330 e. The summed E-state index contributed by atoms with van der Waals surface area (Å²) >= 11 is 0. The van der Waals surface area contributed by atoms with Gasteiger partial charge in [-0.15, -0.1) is 0 Å². The van der Waals surface area contributed by atoms with Crippen molar-refractivity contribution >= 4 is 16.9 Å². The molecule has 0 bridgehead atoms. The van der Waals surface area contributed by atoms with Crippen molar-refractivity contribution in [3.05, 3.63) is 82.9 Å². The molecular formula is C23H25N5O. The molecule has 6 nitrogen and oxygen atoms in total. The predicted octanol–water partition coefficient (Wildman–Crippen LogP) is 3.77. The van der Waals surface area contributed by atoms with E-state index in [1.807, 2.05) is 92.1 Å². The number of aromatic nitrogens is 4. The summed E-state index contributed by atoms with van der Waals surface area (Å²) in [5, 5.41) is 4.51. The van der Waals surface area contributed by atoms with Crippen LogP contribution in [0.5, 0.6) is 0 Å². The van der Waals surface area contributed by atoms with E-state index in [0.29, 0.717) is 18.7 Å². The molecule has 0 spiro atoms. The van der Waals surface area contributed by atoms with Crippen molar-refractivity contribution in [2.75, 3.05) is 0 Å². The van der Waals surface area contributed by atoms with Gasteiger partial charge in [-0.3, -0.25) is 9.48 Å². The minimum absolute atomic E-state index is 0.0136. The molecule has 0 aliphatic rings. The lowest BCUT2D eigenvalue weighted by molar-refractivity contribution is 0.0724. The molecule has 0 saturated carbocycles. The minimum Gasteiger partial charge on any atom is -0.330 e. The van der Waals surface area contributed by atoms with Crippen LogP contribution >= 0.6 is 0 Å². The third-order valence-corrected chi connectivity index (χ3v) is 5.53. The number of hydrogen-bond donors (Lipinski definition) is 0. The Balaban J connectivity index is 1.73. The number of rotatable bonds is 5. The molecule has 4 aromatic rings. The number of hydrogen-bond acceptors (Lipinski definition) is 3. The van der Waals surface area contributed by atoms with Crippen LogP contribution in [0.1, 0.15) is 33.1 Å². The molecule has 4 rings (SSSR count). The number of para-hydroxylation sites is 2. The zero-order chi connectivity index (χ0) is 20.5. The van der Waals surface area contributed by atoms with Gasteiger partial charge in [-0.05, 0) is 38.1 Å². The number of fused-ring (bicyclic) bond motifs is 1. The van der Waals surface area contributed by atoms with Gasteiger partial charge in [0.15, 0.2) is 0 Å². The molecule has 0 radical (unpaired) electrons. The molecular weight excluding hydrogens is 362 g/mol. The summed E-state index contributed by atoms with van der Waals surface area (Å²) in [7, 11) is 3.93. The number of amides is 1. The van der Waals surface area contributed by atoms with Crippen LogP contribution in [0.25, 0.3) is 11.0 Å². The van der Waals surface area contributed by atoms with Crippen molar-refractivity contribution < 1.29 is 4.79 Å². The van der Waals surface area contributed by atoms with E-state index >= 15 is 0 Å². The summed E-state index contributed by atoms with van der Waals surface area (Å²) in [6.07, 6.45) is 0. The van der Waals surface area contributed by atoms with Crippen LogP contribution in [0, 0.1) is 13.8 Å². The standard InChI is InChI=1S/C23H25N5O/c1-16-19(17(2)27(4)25-16)14-28(23(29)18-10-6-5-7-11-18)15-22-24-20-12-8-9-13-21(20)26(22)3/h5-13H,14-15H2,1-4H3. The molecule has 0 aliphatic carbocycles. The minimum atomic E-state index is -0.0136. The molecule has 6 heteroatoms. The first-order chi connectivity index (χ1) is 14.0. The van der Waals surface area contributed by atoms with Crippen LogP contribution in [0.2, 0.25) is 0 Å². The Kier molecular flexibility index (Phi) is 4.92. The quantitative estimate of drug-likeness (QED) is 0.524. The Hall–Kier alpha value is -3.41. The lowest BCUT2D eigenvalue weighted by Crippen LogP contribution is -2.31. The number of imidazole rings is 1. The second-order valence-electron chi connectivity index (χ2n) is 7.38. The average molecular weight is 387 g/mol. The van der Waals surface area contributed by atoms with Gasteiger partial charge in [0, 0.05) is 30.9 Å². The van der Waals surface area contributed by atoms with E-state index in [-0.39, 0.29) is 5.91 Å². The molecule has 0 N–H and O–H groups in total. The van der Waals surface area contributed by atoms with Crippen molar-refractivity contribution in [3.63, 3.8) is 0 Å². The van der Waals surface area contributed by atoms with E-state index in [1.165, 1.54) is 0 Å². The highest BCUT2D eigenvalue weighted by Gasteiger charge is 2.22. The van der Waals surface area contributed by atoms with Gasteiger partial charge in [-0.25, -0.2) is 4.98 Å². The van der Waals surface area contributed by atoms with Gasteiger partial charge < -0.3 is 9.47 Å². The van der Waals surface area contributed by atoms with Gasteiger partial charge in [0.2, 0.25) is 0 Å². The summed E-state index contributed by atoms with van der Waals surface area (Å²) in [6.45, 7) is 4.94. The summed E-state index contributed by atoms with van der Waals surface area (Å²) in [5.41, 5.74) is 5.76. The molecule has 2 heterocycles. The lowest BCUT2D eigenvalue weighted by Gasteiger charge is -2.23. The molecule has 0 atom stereocenters. The van der Waals surface area contributed by atoms with Crippen molar-refractivity contribution in [3.8, 4) is 0 Å². The van der Waals surface area contributed by atoms with Gasteiger partial charge in [-0.2, -0.15) is 5.10 Å². The summed E-state index contributed by atoms with van der Waals surface area (Å²) in [5.74, 6) is 0.843. The highest BCUT2D eigenvalue weighted by molar-refractivity contribution is 5.94. The number of nitrogens with zero attached hydrogens (tertiary/aromatic N) is 5. The fraction of sp³-hybridized carbons (Fsp3) is 0.261. The van der Waals surface area contributed by atoms with Gasteiger partial charge >= 0.3 is 0 Å². The van der Waals surface area contributed by atoms with Gasteiger partial charge in [0.05, 0.1) is 29.8 Å². The van der Waals surface area contributed by atoms with E-state index in [4.69, 9.17) is 4.98 Å². The fourth-order valence-electron chi connectivity index (χ4n) is 3.71. The molecule has 2 aromatic carbocycles.